The lowest BCUT2D eigenvalue weighted by Gasteiger charge is -2.32. The van der Waals surface area contributed by atoms with Crippen LogP contribution in [0, 0.1) is 0 Å². The minimum Gasteiger partial charge on any atom is -0.507 e. The van der Waals surface area contributed by atoms with Crippen molar-refractivity contribution < 1.29 is 34.6 Å². The molecule has 0 radical (unpaired) electrons. The molecule has 2 aromatic heterocycles. The molecule has 0 fully saturated rings. The number of aromatic hydroxyl groups is 4. The number of aryl methyl sites for hydroxylation is 2. The smallest absolute Gasteiger partial charge is 0.201 e. The van der Waals surface area contributed by atoms with Crippen molar-refractivity contribution in [3.63, 3.8) is 0 Å². The number of para-hydroxylation sites is 1. The third-order valence-corrected chi connectivity index (χ3v) is 9.45. The van der Waals surface area contributed by atoms with Crippen molar-refractivity contribution in [3.05, 3.63) is 86.2 Å². The van der Waals surface area contributed by atoms with Crippen molar-refractivity contribution in [3.8, 4) is 40.2 Å². The lowest BCUT2D eigenvalue weighted by atomic mass is 9.97. The maximum absolute atomic E-state index is 13.9. The molecule has 0 saturated carbocycles. The highest BCUT2D eigenvalue weighted by Crippen LogP contribution is 2.44. The fraction of sp³-hybridized carbons (Fsp3) is 0.211. The molecule has 0 spiro atoms. The summed E-state index contributed by atoms with van der Waals surface area (Å²) in [6, 6.07) is 10.4. The molecule has 2 aliphatic heterocycles. The first-order chi connectivity index (χ1) is 23.2. The van der Waals surface area contributed by atoms with Gasteiger partial charge in [-0.1, -0.05) is 6.07 Å². The van der Waals surface area contributed by atoms with Crippen molar-refractivity contribution in [2.75, 3.05) is 6.61 Å². The molecule has 0 saturated heterocycles. The molecule has 4 aromatic carbocycles. The Kier molecular flexibility index (Phi) is 6.15. The predicted octanol–water partition coefficient (Wildman–Crippen LogP) is 5.95. The minimum atomic E-state index is -1.13. The molecule has 0 amide bonds. The van der Waals surface area contributed by atoms with Crippen LogP contribution in [0.2, 0.25) is 0 Å². The Bertz CT molecular complexity index is 2660. The Morgan fingerprint density at radius 2 is 1.24 bits per heavy atom. The lowest BCUT2D eigenvalue weighted by Crippen LogP contribution is -2.38. The normalized spacial score (nSPS) is 17.7. The summed E-state index contributed by atoms with van der Waals surface area (Å²) in [6.07, 6.45) is 7.24. The Hall–Kier alpha value is -6.10. The number of ether oxygens (including phenoxy) is 3. The highest BCUT2D eigenvalue weighted by atomic mass is 16.5. The van der Waals surface area contributed by atoms with E-state index in [9.17, 15) is 30.0 Å². The summed E-state index contributed by atoms with van der Waals surface area (Å²) >= 11 is 0. The van der Waals surface area contributed by atoms with Crippen molar-refractivity contribution in [1.29, 1.82) is 0 Å². The molecule has 6 aromatic rings. The Labute approximate surface area is 278 Å². The van der Waals surface area contributed by atoms with Crippen LogP contribution in [-0.2, 0) is 14.1 Å². The van der Waals surface area contributed by atoms with Gasteiger partial charge in [0.15, 0.2) is 17.1 Å². The predicted molar refractivity (Wildman–Crippen MR) is 187 cm³/mol. The van der Waals surface area contributed by atoms with Crippen LogP contribution < -0.4 is 25.1 Å². The number of hydrogen-bond acceptors (Lipinski definition) is 9. The van der Waals surface area contributed by atoms with E-state index < -0.39 is 22.1 Å². The van der Waals surface area contributed by atoms with Crippen LogP contribution in [-0.4, -0.2) is 47.4 Å². The van der Waals surface area contributed by atoms with Crippen LogP contribution in [0.3, 0.4) is 0 Å². The van der Waals surface area contributed by atoms with Crippen molar-refractivity contribution in [1.82, 2.24) is 9.13 Å². The molecule has 11 heteroatoms. The van der Waals surface area contributed by atoms with Gasteiger partial charge in [0.1, 0.15) is 41.0 Å². The van der Waals surface area contributed by atoms with E-state index in [0.29, 0.717) is 38.9 Å². The fourth-order valence-corrected chi connectivity index (χ4v) is 7.15. The van der Waals surface area contributed by atoms with Gasteiger partial charge in [-0.25, -0.2) is 0 Å². The maximum Gasteiger partial charge on any atom is 0.201 e. The summed E-state index contributed by atoms with van der Waals surface area (Å²) in [4.78, 5) is 27.3. The van der Waals surface area contributed by atoms with E-state index in [1.54, 1.807) is 54.4 Å². The molecular formula is C38H32N2O9. The molecule has 2 aliphatic rings. The average Bonchev–Trinajstić information content (AvgIpc) is 3.03. The summed E-state index contributed by atoms with van der Waals surface area (Å²) in [7, 11) is 3.42. The molecule has 4 N–H and O–H groups in total. The zero-order chi connectivity index (χ0) is 34.7. The van der Waals surface area contributed by atoms with Gasteiger partial charge < -0.3 is 43.8 Å². The van der Waals surface area contributed by atoms with Gasteiger partial charge in [0.05, 0.1) is 43.6 Å². The summed E-state index contributed by atoms with van der Waals surface area (Å²) in [5.74, 6) is -0.0559. The maximum atomic E-state index is 13.9. The summed E-state index contributed by atoms with van der Waals surface area (Å²) in [5, 5.41) is 44.4. The summed E-state index contributed by atoms with van der Waals surface area (Å²) in [6.45, 7) is 5.40. The first kappa shape index (κ1) is 30.2. The number of fused-ring (bicyclic) bond motifs is 8. The van der Waals surface area contributed by atoms with Gasteiger partial charge in [0, 0.05) is 37.4 Å². The topological polar surface area (TPSA) is 153 Å². The standard InChI is InChI=1S/C38H32N2O9/c1-37(2)13-11-18-26(48-37)15-24(43)29-32(18)40(5)33-21(35(29)46)9-10-23(42)36(33)47-17-38(3)14-12-19-27(49-38)16-25(44)28-31(19)39(4)30-20(34(28)45)7-6-8-22(30)41/h6-16,41-44H,17H2,1-5H3. The van der Waals surface area contributed by atoms with E-state index in [1.807, 2.05) is 26.0 Å². The van der Waals surface area contributed by atoms with E-state index in [-0.39, 0.29) is 62.6 Å². The molecular weight excluding hydrogens is 628 g/mol. The highest BCUT2D eigenvalue weighted by Gasteiger charge is 2.33. The minimum absolute atomic E-state index is 0.0341. The van der Waals surface area contributed by atoms with E-state index in [4.69, 9.17) is 14.2 Å². The molecule has 1 atom stereocenters. The molecule has 4 heterocycles. The first-order valence-corrected chi connectivity index (χ1v) is 15.6. The van der Waals surface area contributed by atoms with Gasteiger partial charge in [-0.2, -0.15) is 0 Å². The number of benzene rings is 4. The number of rotatable bonds is 3. The van der Waals surface area contributed by atoms with E-state index >= 15 is 0 Å². The second-order valence-corrected chi connectivity index (χ2v) is 13.4. The van der Waals surface area contributed by atoms with Gasteiger partial charge in [-0.05, 0) is 69.3 Å². The Morgan fingerprint density at radius 3 is 1.90 bits per heavy atom. The van der Waals surface area contributed by atoms with Crippen LogP contribution in [0.25, 0.3) is 55.8 Å². The third-order valence-electron chi connectivity index (χ3n) is 9.45. The van der Waals surface area contributed by atoms with Crippen LogP contribution in [0.4, 0.5) is 0 Å². The number of nitrogens with zero attached hydrogens (tertiary/aromatic N) is 2. The van der Waals surface area contributed by atoms with Gasteiger partial charge in [-0.15, -0.1) is 0 Å². The summed E-state index contributed by atoms with van der Waals surface area (Å²) in [5.41, 5.74) is -0.0572. The monoisotopic (exact) mass is 660 g/mol. The van der Waals surface area contributed by atoms with Crippen LogP contribution >= 0.6 is 0 Å². The third kappa shape index (κ3) is 4.28. The highest BCUT2D eigenvalue weighted by molar-refractivity contribution is 6.05. The molecule has 49 heavy (non-hydrogen) atoms. The SMILES string of the molecule is Cn1c2c(O)cccc2c(=O)c2c(O)cc3c(c21)C=CC(C)(COc1c(O)ccc2c(=O)c4c(O)cc5c(c4n(C)c12)C=CC(C)(C)O5)O3. The molecule has 11 nitrogen and oxygen atoms in total. The lowest BCUT2D eigenvalue weighted by molar-refractivity contribution is 0.0748. The molecule has 0 aliphatic carbocycles. The zero-order valence-corrected chi connectivity index (χ0v) is 27.3. The fourth-order valence-electron chi connectivity index (χ4n) is 7.15. The molecule has 1 unspecified atom stereocenters. The second-order valence-electron chi connectivity index (χ2n) is 13.4. The van der Waals surface area contributed by atoms with E-state index in [0.717, 1.165) is 0 Å². The number of hydrogen-bond donors (Lipinski definition) is 4. The Balaban J connectivity index is 1.24. The largest absolute Gasteiger partial charge is 0.507 e. The first-order valence-electron chi connectivity index (χ1n) is 15.6. The Morgan fingerprint density at radius 1 is 0.673 bits per heavy atom. The van der Waals surface area contributed by atoms with Crippen molar-refractivity contribution >= 4 is 55.8 Å². The number of phenolic OH excluding ortho intramolecular Hbond substituents is 4. The van der Waals surface area contributed by atoms with Crippen LogP contribution in [0.5, 0.6) is 40.2 Å². The van der Waals surface area contributed by atoms with Crippen molar-refractivity contribution in [2.24, 2.45) is 14.1 Å². The second kappa shape index (κ2) is 9.96. The van der Waals surface area contributed by atoms with Gasteiger partial charge in [-0.3, -0.25) is 9.59 Å². The molecule has 248 valence electrons. The quantitative estimate of drug-likeness (QED) is 0.169. The number of aromatic nitrogens is 2. The zero-order valence-electron chi connectivity index (χ0n) is 27.3. The van der Waals surface area contributed by atoms with Crippen LogP contribution in [0.15, 0.2) is 64.2 Å². The van der Waals surface area contributed by atoms with Gasteiger partial charge >= 0.3 is 0 Å². The molecule has 0 bridgehead atoms. The van der Waals surface area contributed by atoms with E-state index in [2.05, 4.69) is 0 Å². The van der Waals surface area contributed by atoms with Gasteiger partial charge in [0.2, 0.25) is 10.9 Å². The van der Waals surface area contributed by atoms with Crippen molar-refractivity contribution in [2.45, 2.75) is 32.0 Å². The molecule has 8 rings (SSSR count). The van der Waals surface area contributed by atoms with E-state index in [1.165, 1.54) is 30.3 Å². The van der Waals surface area contributed by atoms with Crippen LogP contribution in [0.1, 0.15) is 31.9 Å². The van der Waals surface area contributed by atoms with Gasteiger partial charge in [0.25, 0.3) is 0 Å². The average molecular weight is 661 g/mol. The number of pyridine rings is 2. The summed E-state index contributed by atoms with van der Waals surface area (Å²) < 4.78 is 22.1. The number of phenols is 4.